The van der Waals surface area contributed by atoms with E-state index in [-0.39, 0.29) is 36.0 Å². The predicted octanol–water partition coefficient (Wildman–Crippen LogP) is 0.356. The summed E-state index contributed by atoms with van der Waals surface area (Å²) in [5.41, 5.74) is 0.724. The first-order chi connectivity index (χ1) is 11.7. The van der Waals surface area contributed by atoms with E-state index in [2.05, 4.69) is 0 Å². The highest BCUT2D eigenvalue weighted by Crippen LogP contribution is 2.39. The number of para-hydroxylation sites is 2. The first-order valence-electron chi connectivity index (χ1n) is 7.88. The molecule has 0 spiro atoms. The van der Waals surface area contributed by atoms with Crippen LogP contribution in [0.4, 0.5) is 5.69 Å². The molecule has 1 aromatic carbocycles. The average molecular weight is 383 g/mol. The molecule has 0 aliphatic carbocycles. The second-order valence-corrected chi connectivity index (χ2v) is 8.97. The van der Waals surface area contributed by atoms with Crippen LogP contribution in [0.15, 0.2) is 24.3 Å². The standard InChI is InChI=1S/C16H21N3O4S2/c1-17(2)15(20)8-18-12-9-25(21,22)10-13(12)19(16(18)24)11-6-4-5-7-14(11)23-3/h4-7,12-13H,8-10H2,1-3H3/t12-,13+/m1/s1. The fourth-order valence-corrected chi connectivity index (χ4v) is 5.74. The van der Waals surface area contributed by atoms with Crippen LogP contribution in [0, 0.1) is 0 Å². The van der Waals surface area contributed by atoms with Crippen molar-refractivity contribution in [1.29, 1.82) is 0 Å². The molecular formula is C16H21N3O4S2. The summed E-state index contributed by atoms with van der Waals surface area (Å²) >= 11 is 5.62. The summed E-state index contributed by atoms with van der Waals surface area (Å²) < 4.78 is 29.9. The molecule has 0 unspecified atom stereocenters. The van der Waals surface area contributed by atoms with Crippen molar-refractivity contribution in [3.05, 3.63) is 24.3 Å². The lowest BCUT2D eigenvalue weighted by Gasteiger charge is -2.27. The van der Waals surface area contributed by atoms with Gasteiger partial charge in [-0.1, -0.05) is 12.1 Å². The van der Waals surface area contributed by atoms with Gasteiger partial charge in [0.15, 0.2) is 14.9 Å². The minimum atomic E-state index is -3.19. The molecule has 2 aliphatic heterocycles. The summed E-state index contributed by atoms with van der Waals surface area (Å²) in [5.74, 6) is 0.521. The molecule has 1 amide bonds. The number of likely N-dealkylation sites (N-methyl/N-ethyl adjacent to an activating group) is 1. The van der Waals surface area contributed by atoms with Gasteiger partial charge in [0.1, 0.15) is 5.75 Å². The molecule has 136 valence electrons. The first-order valence-corrected chi connectivity index (χ1v) is 10.1. The molecule has 25 heavy (non-hydrogen) atoms. The van der Waals surface area contributed by atoms with Crippen LogP contribution in [-0.4, -0.2) is 80.6 Å². The molecule has 7 nitrogen and oxygen atoms in total. The second-order valence-electron chi connectivity index (χ2n) is 6.45. The highest BCUT2D eigenvalue weighted by molar-refractivity contribution is 7.91. The van der Waals surface area contributed by atoms with Crippen molar-refractivity contribution >= 4 is 38.8 Å². The van der Waals surface area contributed by atoms with Gasteiger partial charge in [-0.15, -0.1) is 0 Å². The molecule has 2 aliphatic rings. The maximum absolute atomic E-state index is 12.2. The fourth-order valence-electron chi connectivity index (χ4n) is 3.36. The Bertz CT molecular complexity index is 809. The van der Waals surface area contributed by atoms with Gasteiger partial charge in [0.05, 0.1) is 42.9 Å². The topological polar surface area (TPSA) is 70.2 Å². The monoisotopic (exact) mass is 383 g/mol. The quantitative estimate of drug-likeness (QED) is 0.695. The number of nitrogens with zero attached hydrogens (tertiary/aromatic N) is 3. The summed E-state index contributed by atoms with van der Waals surface area (Å²) in [4.78, 5) is 17.2. The van der Waals surface area contributed by atoms with Gasteiger partial charge in [0.2, 0.25) is 5.91 Å². The fraction of sp³-hybridized carbons (Fsp3) is 0.500. The molecule has 0 aromatic heterocycles. The number of sulfone groups is 1. The van der Waals surface area contributed by atoms with Crippen LogP contribution in [0.25, 0.3) is 0 Å². The van der Waals surface area contributed by atoms with Crippen molar-refractivity contribution in [2.45, 2.75) is 12.1 Å². The number of amides is 1. The number of carbonyl (C=O) groups excluding carboxylic acids is 1. The second kappa shape index (κ2) is 6.45. The number of rotatable bonds is 4. The zero-order chi connectivity index (χ0) is 18.4. The maximum atomic E-state index is 12.2. The summed E-state index contributed by atoms with van der Waals surface area (Å²) in [7, 11) is 1.71. The van der Waals surface area contributed by atoms with Crippen molar-refractivity contribution in [2.24, 2.45) is 0 Å². The average Bonchev–Trinajstić information content (AvgIpc) is 2.98. The van der Waals surface area contributed by atoms with E-state index in [0.717, 1.165) is 5.69 Å². The van der Waals surface area contributed by atoms with E-state index in [1.165, 1.54) is 4.90 Å². The molecule has 2 heterocycles. The minimum absolute atomic E-state index is 0.00413. The largest absolute Gasteiger partial charge is 0.495 e. The molecule has 2 fully saturated rings. The Labute approximate surface area is 153 Å². The van der Waals surface area contributed by atoms with Gasteiger partial charge in [-0.2, -0.15) is 0 Å². The predicted molar refractivity (Wildman–Crippen MR) is 99.7 cm³/mol. The van der Waals surface area contributed by atoms with Crippen LogP contribution in [-0.2, 0) is 14.6 Å². The minimum Gasteiger partial charge on any atom is -0.495 e. The molecule has 0 radical (unpaired) electrons. The Morgan fingerprint density at radius 3 is 2.56 bits per heavy atom. The summed E-state index contributed by atoms with van der Waals surface area (Å²) in [6, 6.07) is 6.72. The third-order valence-corrected chi connectivity index (χ3v) is 6.76. The number of methoxy groups -OCH3 is 1. The van der Waals surface area contributed by atoms with Crippen molar-refractivity contribution in [3.63, 3.8) is 0 Å². The zero-order valence-electron chi connectivity index (χ0n) is 14.4. The number of thiocarbonyl (C=S) groups is 1. The van der Waals surface area contributed by atoms with Gasteiger partial charge in [-0.05, 0) is 24.4 Å². The van der Waals surface area contributed by atoms with E-state index in [1.54, 1.807) is 26.1 Å². The van der Waals surface area contributed by atoms with E-state index in [0.29, 0.717) is 10.9 Å². The van der Waals surface area contributed by atoms with Crippen LogP contribution in [0.5, 0.6) is 5.75 Å². The third kappa shape index (κ3) is 3.18. The highest BCUT2D eigenvalue weighted by Gasteiger charge is 2.52. The summed E-state index contributed by atoms with van der Waals surface area (Å²) in [6.45, 7) is 0.0637. The van der Waals surface area contributed by atoms with Gasteiger partial charge in [0.25, 0.3) is 0 Å². The Balaban J connectivity index is 2.01. The van der Waals surface area contributed by atoms with Crippen molar-refractivity contribution in [1.82, 2.24) is 9.80 Å². The van der Waals surface area contributed by atoms with E-state index in [9.17, 15) is 13.2 Å². The van der Waals surface area contributed by atoms with Crippen LogP contribution < -0.4 is 9.64 Å². The van der Waals surface area contributed by atoms with Crippen LogP contribution in [0.1, 0.15) is 0 Å². The molecular weight excluding hydrogens is 362 g/mol. The van der Waals surface area contributed by atoms with Crippen LogP contribution >= 0.6 is 12.2 Å². The van der Waals surface area contributed by atoms with Gasteiger partial charge in [0, 0.05) is 14.1 Å². The molecule has 3 rings (SSSR count). The number of hydrogen-bond acceptors (Lipinski definition) is 5. The summed E-state index contributed by atoms with van der Waals surface area (Å²) in [6.07, 6.45) is 0. The number of carbonyl (C=O) groups is 1. The van der Waals surface area contributed by atoms with Crippen molar-refractivity contribution in [3.8, 4) is 5.75 Å². The van der Waals surface area contributed by atoms with E-state index in [4.69, 9.17) is 17.0 Å². The van der Waals surface area contributed by atoms with Gasteiger partial charge in [-0.3, -0.25) is 4.79 Å². The molecule has 2 atom stereocenters. The first kappa shape index (κ1) is 17.9. The van der Waals surface area contributed by atoms with Gasteiger partial charge < -0.3 is 19.4 Å². The van der Waals surface area contributed by atoms with Crippen molar-refractivity contribution in [2.75, 3.05) is 44.2 Å². The zero-order valence-corrected chi connectivity index (χ0v) is 16.0. The SMILES string of the molecule is COc1ccccc1N1C(=S)N(CC(=O)N(C)C)[C@@H]2CS(=O)(=O)C[C@@H]21. The molecule has 2 saturated heterocycles. The lowest BCUT2D eigenvalue weighted by Crippen LogP contribution is -2.44. The Morgan fingerprint density at radius 1 is 1.28 bits per heavy atom. The van der Waals surface area contributed by atoms with E-state index in [1.807, 2.05) is 29.2 Å². The molecule has 0 bridgehead atoms. The molecule has 0 saturated carbocycles. The Hall–Kier alpha value is -1.87. The molecule has 1 aromatic rings. The van der Waals surface area contributed by atoms with E-state index < -0.39 is 9.84 Å². The molecule has 9 heteroatoms. The Morgan fingerprint density at radius 2 is 1.92 bits per heavy atom. The molecule has 0 N–H and O–H groups in total. The number of ether oxygens (including phenoxy) is 1. The smallest absolute Gasteiger partial charge is 0.241 e. The van der Waals surface area contributed by atoms with Gasteiger partial charge >= 0.3 is 0 Å². The summed E-state index contributed by atoms with van der Waals surface area (Å²) in [5, 5.41) is 0.463. The van der Waals surface area contributed by atoms with Crippen LogP contribution in [0.2, 0.25) is 0 Å². The number of benzene rings is 1. The Kier molecular flexibility index (Phi) is 4.63. The third-order valence-electron chi connectivity index (χ3n) is 4.63. The maximum Gasteiger partial charge on any atom is 0.241 e. The van der Waals surface area contributed by atoms with Crippen molar-refractivity contribution < 1.29 is 17.9 Å². The van der Waals surface area contributed by atoms with Crippen LogP contribution in [0.3, 0.4) is 0 Å². The van der Waals surface area contributed by atoms with Gasteiger partial charge in [-0.25, -0.2) is 8.42 Å². The lowest BCUT2D eigenvalue weighted by molar-refractivity contribution is -0.129. The number of anilines is 1. The normalized spacial score (nSPS) is 24.4. The van der Waals surface area contributed by atoms with E-state index >= 15 is 0 Å². The number of hydrogen-bond donors (Lipinski definition) is 0. The lowest BCUT2D eigenvalue weighted by atomic mass is 10.1. The highest BCUT2D eigenvalue weighted by atomic mass is 32.2. The number of fused-ring (bicyclic) bond motifs is 1.